The number of fused-ring (bicyclic) bond motifs is 1. The summed E-state index contributed by atoms with van der Waals surface area (Å²) in [6, 6.07) is 7.48. The van der Waals surface area contributed by atoms with Crippen LogP contribution < -0.4 is 11.1 Å². The van der Waals surface area contributed by atoms with Gasteiger partial charge in [0.25, 0.3) is 0 Å². The number of benzene rings is 1. The lowest BCUT2D eigenvalue weighted by Gasteiger charge is -2.20. The molecule has 0 radical (unpaired) electrons. The van der Waals surface area contributed by atoms with Gasteiger partial charge in [-0.25, -0.2) is 0 Å². The summed E-state index contributed by atoms with van der Waals surface area (Å²) in [5.74, 6) is -0.846. The third kappa shape index (κ3) is 2.03. The molecule has 0 saturated carbocycles. The Bertz CT molecular complexity index is 681. The van der Waals surface area contributed by atoms with E-state index in [4.69, 9.17) is 5.73 Å². The van der Waals surface area contributed by atoms with Crippen molar-refractivity contribution in [1.82, 2.24) is 10.3 Å². The first-order chi connectivity index (χ1) is 9.15. The molecule has 0 spiro atoms. The molecule has 1 aromatic heterocycles. The molecule has 0 bridgehead atoms. The van der Waals surface area contributed by atoms with Crippen LogP contribution in [0, 0.1) is 0 Å². The van der Waals surface area contributed by atoms with E-state index in [9.17, 15) is 9.59 Å². The van der Waals surface area contributed by atoms with Crippen LogP contribution in [0.25, 0.3) is 10.8 Å². The average molecular weight is 255 g/mol. The Morgan fingerprint density at radius 3 is 2.95 bits per heavy atom. The van der Waals surface area contributed by atoms with E-state index in [0.717, 1.165) is 10.8 Å². The molecule has 1 aliphatic heterocycles. The molecule has 3 rings (SSSR count). The first kappa shape index (κ1) is 11.6. The number of pyridine rings is 1. The lowest BCUT2D eigenvalue weighted by Crippen LogP contribution is -2.39. The number of nitrogens with one attached hydrogen (secondary N) is 1. The van der Waals surface area contributed by atoms with Crippen LogP contribution in [0.5, 0.6) is 0 Å². The lowest BCUT2D eigenvalue weighted by molar-refractivity contribution is -0.134. The monoisotopic (exact) mass is 255 g/mol. The van der Waals surface area contributed by atoms with Crippen molar-refractivity contribution in [2.24, 2.45) is 0 Å². The molecule has 1 fully saturated rings. The Labute approximate surface area is 109 Å². The molecular formula is C14H13N3O2. The second-order valence-corrected chi connectivity index (χ2v) is 4.68. The predicted molar refractivity (Wildman–Crippen MR) is 71.3 cm³/mol. The molecule has 0 aliphatic carbocycles. The minimum atomic E-state index is -0.358. The van der Waals surface area contributed by atoms with Gasteiger partial charge in [0, 0.05) is 23.7 Å². The molecule has 2 heterocycles. The molecule has 1 aromatic carbocycles. The number of aromatic nitrogens is 1. The molecule has 5 heteroatoms. The largest absolute Gasteiger partial charge is 0.398 e. The van der Waals surface area contributed by atoms with E-state index in [1.807, 2.05) is 24.3 Å². The summed E-state index contributed by atoms with van der Waals surface area (Å²) in [6.45, 7) is 0. The second kappa shape index (κ2) is 4.35. The number of anilines is 1. The Hall–Kier alpha value is -2.43. The molecule has 5 nitrogen and oxygen atoms in total. The van der Waals surface area contributed by atoms with Crippen LogP contribution in [0.1, 0.15) is 24.5 Å². The normalized spacial score (nSPS) is 19.5. The van der Waals surface area contributed by atoms with Crippen molar-refractivity contribution < 1.29 is 9.59 Å². The van der Waals surface area contributed by atoms with E-state index in [-0.39, 0.29) is 17.7 Å². The van der Waals surface area contributed by atoms with Gasteiger partial charge in [-0.3, -0.25) is 19.9 Å². The molecule has 1 saturated heterocycles. The second-order valence-electron chi connectivity index (χ2n) is 4.68. The Morgan fingerprint density at radius 2 is 2.16 bits per heavy atom. The van der Waals surface area contributed by atoms with Gasteiger partial charge < -0.3 is 5.73 Å². The van der Waals surface area contributed by atoms with Crippen molar-refractivity contribution in [1.29, 1.82) is 0 Å². The van der Waals surface area contributed by atoms with Crippen LogP contribution in [0.2, 0.25) is 0 Å². The highest BCUT2D eigenvalue weighted by atomic mass is 16.2. The van der Waals surface area contributed by atoms with Gasteiger partial charge in [-0.15, -0.1) is 0 Å². The Balaban J connectivity index is 2.02. The number of nitrogens with zero attached hydrogens (tertiary/aromatic N) is 1. The van der Waals surface area contributed by atoms with Crippen LogP contribution in [0.3, 0.4) is 0 Å². The highest BCUT2D eigenvalue weighted by Gasteiger charge is 2.28. The van der Waals surface area contributed by atoms with Crippen molar-refractivity contribution in [2.75, 3.05) is 5.73 Å². The first-order valence-electron chi connectivity index (χ1n) is 6.13. The van der Waals surface area contributed by atoms with Crippen LogP contribution in [0.4, 0.5) is 5.69 Å². The number of carbonyl (C=O) groups excluding carboxylic acids is 2. The summed E-state index contributed by atoms with van der Waals surface area (Å²) in [5.41, 5.74) is 7.22. The SMILES string of the molecule is Nc1cccc2cc(C3CCC(=O)NC3=O)ncc12. The number of carbonyl (C=O) groups is 2. The zero-order valence-corrected chi connectivity index (χ0v) is 10.2. The van der Waals surface area contributed by atoms with Gasteiger partial charge in [0.05, 0.1) is 11.6 Å². The Kier molecular flexibility index (Phi) is 2.67. The predicted octanol–water partition coefficient (Wildman–Crippen LogP) is 1.34. The van der Waals surface area contributed by atoms with Gasteiger partial charge in [-0.1, -0.05) is 12.1 Å². The highest BCUT2D eigenvalue weighted by molar-refractivity contribution is 6.01. The molecule has 3 N–H and O–H groups in total. The van der Waals surface area contributed by atoms with Crippen LogP contribution in [-0.4, -0.2) is 16.8 Å². The molecular weight excluding hydrogens is 242 g/mol. The topological polar surface area (TPSA) is 85.1 Å². The van der Waals surface area contributed by atoms with Gasteiger partial charge in [0.2, 0.25) is 11.8 Å². The standard InChI is InChI=1S/C14H13N3O2/c15-11-3-1-2-8-6-12(16-7-10(8)11)9-4-5-13(18)17-14(9)19/h1-3,6-7,9H,4-5,15H2,(H,17,18,19). The maximum Gasteiger partial charge on any atom is 0.235 e. The number of amides is 2. The summed E-state index contributed by atoms with van der Waals surface area (Å²) in [7, 11) is 0. The zero-order chi connectivity index (χ0) is 13.4. The van der Waals surface area contributed by atoms with E-state index >= 15 is 0 Å². The van der Waals surface area contributed by atoms with Crippen molar-refractivity contribution in [2.45, 2.75) is 18.8 Å². The fourth-order valence-electron chi connectivity index (χ4n) is 2.38. The number of nitrogens with two attached hydrogens (primary N) is 1. The number of nitrogen functional groups attached to an aromatic ring is 1. The summed E-state index contributed by atoms with van der Waals surface area (Å²) in [4.78, 5) is 27.3. The molecule has 1 unspecified atom stereocenters. The molecule has 2 amide bonds. The summed E-state index contributed by atoms with van der Waals surface area (Å²) in [6.07, 6.45) is 2.54. The third-order valence-electron chi connectivity index (χ3n) is 3.42. The minimum Gasteiger partial charge on any atom is -0.398 e. The van der Waals surface area contributed by atoms with E-state index < -0.39 is 0 Å². The number of hydrogen-bond acceptors (Lipinski definition) is 4. The van der Waals surface area contributed by atoms with Crippen molar-refractivity contribution in [3.8, 4) is 0 Å². The minimum absolute atomic E-state index is 0.216. The van der Waals surface area contributed by atoms with Crippen LogP contribution >= 0.6 is 0 Å². The van der Waals surface area contributed by atoms with Gasteiger partial charge >= 0.3 is 0 Å². The fraction of sp³-hybridized carbons (Fsp3) is 0.214. The van der Waals surface area contributed by atoms with Gasteiger partial charge in [0.15, 0.2) is 0 Å². The third-order valence-corrected chi connectivity index (χ3v) is 3.42. The Morgan fingerprint density at radius 1 is 1.32 bits per heavy atom. The van der Waals surface area contributed by atoms with Crippen molar-refractivity contribution in [3.63, 3.8) is 0 Å². The molecule has 2 aromatic rings. The molecule has 1 atom stereocenters. The maximum atomic E-state index is 11.8. The molecule has 96 valence electrons. The van der Waals surface area contributed by atoms with Gasteiger partial charge in [-0.2, -0.15) is 0 Å². The van der Waals surface area contributed by atoms with Crippen LogP contribution in [0.15, 0.2) is 30.5 Å². The van der Waals surface area contributed by atoms with E-state index in [2.05, 4.69) is 10.3 Å². The highest BCUT2D eigenvalue weighted by Crippen LogP contribution is 2.27. The maximum absolute atomic E-state index is 11.8. The van der Waals surface area contributed by atoms with Gasteiger partial charge in [0.1, 0.15) is 0 Å². The van der Waals surface area contributed by atoms with Gasteiger partial charge in [-0.05, 0) is 23.9 Å². The van der Waals surface area contributed by atoms with E-state index in [0.29, 0.717) is 24.2 Å². The summed E-state index contributed by atoms with van der Waals surface area (Å²) in [5, 5.41) is 4.17. The van der Waals surface area contributed by atoms with E-state index in [1.54, 1.807) is 6.20 Å². The number of imide groups is 1. The van der Waals surface area contributed by atoms with E-state index in [1.165, 1.54) is 0 Å². The quantitative estimate of drug-likeness (QED) is 0.594. The van der Waals surface area contributed by atoms with Crippen LogP contribution in [-0.2, 0) is 9.59 Å². The zero-order valence-electron chi connectivity index (χ0n) is 10.2. The fourth-order valence-corrected chi connectivity index (χ4v) is 2.38. The summed E-state index contributed by atoms with van der Waals surface area (Å²) >= 11 is 0. The lowest BCUT2D eigenvalue weighted by atomic mass is 9.93. The smallest absolute Gasteiger partial charge is 0.235 e. The van der Waals surface area contributed by atoms with Crippen molar-refractivity contribution in [3.05, 3.63) is 36.2 Å². The molecule has 19 heavy (non-hydrogen) atoms. The average Bonchev–Trinajstić information content (AvgIpc) is 2.38. The number of hydrogen-bond donors (Lipinski definition) is 2. The number of piperidine rings is 1. The number of rotatable bonds is 1. The van der Waals surface area contributed by atoms with Crippen molar-refractivity contribution >= 4 is 28.3 Å². The molecule has 1 aliphatic rings. The first-order valence-corrected chi connectivity index (χ1v) is 6.13. The summed E-state index contributed by atoms with van der Waals surface area (Å²) < 4.78 is 0.